The molecule has 0 heterocycles. The Hall–Kier alpha value is -0.790. The molecule has 0 saturated heterocycles. The van der Waals surface area contributed by atoms with Gasteiger partial charge in [-0.05, 0) is 23.5 Å². The van der Waals surface area contributed by atoms with Gasteiger partial charge in [0, 0.05) is 22.3 Å². The molecule has 0 unspecified atom stereocenters. The first-order chi connectivity index (χ1) is 6.47. The molecule has 0 radical (unpaired) electrons. The van der Waals surface area contributed by atoms with Gasteiger partial charge in [0.15, 0.2) is 0 Å². The lowest BCUT2D eigenvalue weighted by Gasteiger charge is -1.96. The molecule has 0 aliphatic rings. The third-order valence-electron chi connectivity index (χ3n) is 1.19. The molecule has 1 aromatic rings. The molecule has 0 bridgehead atoms. The Morgan fingerprint density at radius 1 is 1.29 bits per heavy atom. The van der Waals surface area contributed by atoms with E-state index in [1.54, 1.807) is 18.2 Å². The van der Waals surface area contributed by atoms with Gasteiger partial charge in [0.05, 0.1) is 0 Å². The van der Waals surface area contributed by atoms with Gasteiger partial charge in [-0.25, -0.2) is 0 Å². The molecule has 0 fully saturated rings. The molecule has 0 atom stereocenters. The Bertz CT molecular complexity index is 376. The SMILES string of the molecule is FC(F)(F)SC#Cc1cccc(Cl)c1. The van der Waals surface area contributed by atoms with Gasteiger partial charge in [0.1, 0.15) is 0 Å². The number of benzene rings is 1. The van der Waals surface area contributed by atoms with Crippen molar-refractivity contribution in [2.24, 2.45) is 0 Å². The number of thioether (sulfide) groups is 1. The summed E-state index contributed by atoms with van der Waals surface area (Å²) in [6.45, 7) is 0. The normalized spacial score (nSPS) is 10.6. The van der Waals surface area contributed by atoms with Gasteiger partial charge >= 0.3 is 5.51 Å². The van der Waals surface area contributed by atoms with Crippen LogP contribution in [0.1, 0.15) is 5.56 Å². The van der Waals surface area contributed by atoms with Gasteiger partial charge in [0.2, 0.25) is 0 Å². The molecule has 0 amide bonds. The lowest BCUT2D eigenvalue weighted by molar-refractivity contribution is -0.0318. The maximum Gasteiger partial charge on any atom is 0.453 e. The van der Waals surface area contributed by atoms with Crippen LogP contribution in [0.4, 0.5) is 13.2 Å². The molecule has 0 spiro atoms. The number of alkyl halides is 3. The van der Waals surface area contributed by atoms with Crippen molar-refractivity contribution in [2.45, 2.75) is 5.51 Å². The largest absolute Gasteiger partial charge is 0.453 e. The van der Waals surface area contributed by atoms with E-state index in [4.69, 9.17) is 11.6 Å². The van der Waals surface area contributed by atoms with Crippen LogP contribution in [0.5, 0.6) is 0 Å². The summed E-state index contributed by atoms with van der Waals surface area (Å²) in [5.74, 6) is 2.35. The third kappa shape index (κ3) is 4.45. The van der Waals surface area contributed by atoms with Crippen molar-refractivity contribution < 1.29 is 13.2 Å². The van der Waals surface area contributed by atoms with Crippen molar-refractivity contribution >= 4 is 23.4 Å². The lowest BCUT2D eigenvalue weighted by Crippen LogP contribution is -1.96. The monoisotopic (exact) mass is 236 g/mol. The topological polar surface area (TPSA) is 0 Å². The molecule has 1 aromatic carbocycles. The molecule has 5 heteroatoms. The Labute approximate surface area is 88.4 Å². The molecule has 74 valence electrons. The van der Waals surface area contributed by atoms with Gasteiger partial charge in [-0.15, -0.1) is 0 Å². The van der Waals surface area contributed by atoms with Gasteiger partial charge in [-0.3, -0.25) is 0 Å². The second kappa shape index (κ2) is 4.63. The van der Waals surface area contributed by atoms with Crippen LogP contribution < -0.4 is 0 Å². The number of rotatable bonds is 0. The maximum absolute atomic E-state index is 11.7. The number of hydrogen-bond acceptors (Lipinski definition) is 1. The zero-order valence-electron chi connectivity index (χ0n) is 6.73. The summed E-state index contributed by atoms with van der Waals surface area (Å²) in [5, 5.41) is 2.40. The van der Waals surface area contributed by atoms with Gasteiger partial charge in [-0.2, -0.15) is 13.2 Å². The minimum atomic E-state index is -4.31. The Morgan fingerprint density at radius 2 is 2.00 bits per heavy atom. The number of halogens is 4. The second-order valence-electron chi connectivity index (χ2n) is 2.29. The molecule has 0 aliphatic heterocycles. The minimum Gasteiger partial charge on any atom is -0.160 e. The average molecular weight is 237 g/mol. The van der Waals surface area contributed by atoms with Crippen LogP contribution in [-0.4, -0.2) is 5.51 Å². The molecule has 0 nitrogen and oxygen atoms in total. The van der Waals surface area contributed by atoms with Crippen molar-refractivity contribution in [1.82, 2.24) is 0 Å². The molecule has 1 rings (SSSR count). The van der Waals surface area contributed by atoms with E-state index in [1.807, 2.05) is 5.25 Å². The highest BCUT2D eigenvalue weighted by atomic mass is 35.5. The second-order valence-corrected chi connectivity index (χ2v) is 3.59. The van der Waals surface area contributed by atoms with E-state index in [9.17, 15) is 13.2 Å². The zero-order chi connectivity index (χ0) is 10.6. The highest BCUT2D eigenvalue weighted by Crippen LogP contribution is 2.28. The Balaban J connectivity index is 2.69. The first-order valence-electron chi connectivity index (χ1n) is 3.49. The van der Waals surface area contributed by atoms with E-state index >= 15 is 0 Å². The Kier molecular flexibility index (Phi) is 3.73. The first-order valence-corrected chi connectivity index (χ1v) is 4.68. The van der Waals surface area contributed by atoms with E-state index in [1.165, 1.54) is 6.07 Å². The van der Waals surface area contributed by atoms with Gasteiger partial charge < -0.3 is 0 Å². The van der Waals surface area contributed by atoms with Crippen LogP contribution in [0, 0.1) is 11.2 Å². The Morgan fingerprint density at radius 3 is 2.57 bits per heavy atom. The van der Waals surface area contributed by atoms with E-state index < -0.39 is 5.51 Å². The highest BCUT2D eigenvalue weighted by Gasteiger charge is 2.27. The summed E-state index contributed by atoms with van der Waals surface area (Å²) < 4.78 is 35.0. The smallest absolute Gasteiger partial charge is 0.160 e. The van der Waals surface area contributed by atoms with Crippen LogP contribution in [0.3, 0.4) is 0 Å². The summed E-state index contributed by atoms with van der Waals surface area (Å²) in [5.41, 5.74) is -3.85. The summed E-state index contributed by atoms with van der Waals surface area (Å²) >= 11 is 5.25. The zero-order valence-corrected chi connectivity index (χ0v) is 8.30. The number of hydrogen-bond donors (Lipinski definition) is 0. The van der Waals surface area contributed by atoms with Crippen LogP contribution in [0.15, 0.2) is 24.3 Å². The summed E-state index contributed by atoms with van der Waals surface area (Å²) in [4.78, 5) is 0. The fourth-order valence-corrected chi connectivity index (χ4v) is 1.18. The maximum atomic E-state index is 11.7. The minimum absolute atomic E-state index is 0.370. The van der Waals surface area contributed by atoms with Gasteiger partial charge in [-0.1, -0.05) is 23.6 Å². The lowest BCUT2D eigenvalue weighted by atomic mass is 10.2. The summed E-state index contributed by atoms with van der Waals surface area (Å²) in [6.07, 6.45) is 0. The molecular weight excluding hydrogens is 233 g/mol. The van der Waals surface area contributed by atoms with Gasteiger partial charge in [0.25, 0.3) is 0 Å². The molecule has 0 N–H and O–H groups in total. The average Bonchev–Trinajstić information content (AvgIpc) is 2.01. The summed E-state index contributed by atoms with van der Waals surface area (Å²) in [7, 11) is 0. The summed E-state index contributed by atoms with van der Waals surface area (Å²) in [6, 6.07) is 6.36. The van der Waals surface area contributed by atoms with E-state index in [0.717, 1.165) is 0 Å². The molecule has 0 saturated carbocycles. The van der Waals surface area contributed by atoms with Crippen molar-refractivity contribution in [3.8, 4) is 11.2 Å². The third-order valence-corrected chi connectivity index (χ3v) is 1.86. The van der Waals surface area contributed by atoms with Crippen molar-refractivity contribution in [3.05, 3.63) is 34.9 Å². The fraction of sp³-hybridized carbons (Fsp3) is 0.111. The van der Waals surface area contributed by atoms with E-state index in [2.05, 4.69) is 5.92 Å². The van der Waals surface area contributed by atoms with Crippen molar-refractivity contribution in [3.63, 3.8) is 0 Å². The predicted octanol–water partition coefficient (Wildman–Crippen LogP) is 3.90. The molecule has 0 aliphatic carbocycles. The van der Waals surface area contributed by atoms with Crippen LogP contribution in [0.25, 0.3) is 0 Å². The first kappa shape index (κ1) is 11.3. The molecular formula is C9H4ClF3S. The van der Waals surface area contributed by atoms with Crippen molar-refractivity contribution in [1.29, 1.82) is 0 Å². The van der Waals surface area contributed by atoms with E-state index in [-0.39, 0.29) is 11.8 Å². The standard InChI is InChI=1S/C9H4ClF3S/c10-8-3-1-2-7(6-8)4-5-14-9(11,12)13/h1-3,6H. The van der Waals surface area contributed by atoms with Crippen LogP contribution >= 0.6 is 23.4 Å². The fourth-order valence-electron chi connectivity index (χ4n) is 0.709. The molecule has 14 heavy (non-hydrogen) atoms. The molecule has 0 aromatic heterocycles. The van der Waals surface area contributed by atoms with E-state index in [0.29, 0.717) is 10.6 Å². The quantitative estimate of drug-likeness (QED) is 0.616. The predicted molar refractivity (Wildman–Crippen MR) is 52.0 cm³/mol. The van der Waals surface area contributed by atoms with Crippen LogP contribution in [-0.2, 0) is 0 Å². The highest BCUT2D eigenvalue weighted by molar-refractivity contribution is 8.04. The van der Waals surface area contributed by atoms with Crippen LogP contribution in [0.2, 0.25) is 5.02 Å². The van der Waals surface area contributed by atoms with Crippen molar-refractivity contribution in [2.75, 3.05) is 0 Å².